The fourth-order valence-corrected chi connectivity index (χ4v) is 1.91. The highest BCUT2D eigenvalue weighted by Gasteiger charge is 2.09. The fourth-order valence-electron chi connectivity index (χ4n) is 1.91. The molecule has 2 aromatic rings. The summed E-state index contributed by atoms with van der Waals surface area (Å²) in [5.74, 6) is -0.0384. The minimum atomic E-state index is -0.310. The van der Waals surface area contributed by atoms with Crippen LogP contribution in [-0.2, 0) is 13.0 Å². The number of aromatic nitrogens is 2. The number of imidazole rings is 1. The van der Waals surface area contributed by atoms with Gasteiger partial charge >= 0.3 is 0 Å². The van der Waals surface area contributed by atoms with Crippen molar-refractivity contribution in [2.24, 2.45) is 0 Å². The van der Waals surface area contributed by atoms with E-state index in [1.54, 1.807) is 24.5 Å². The van der Waals surface area contributed by atoms with Gasteiger partial charge in [-0.05, 0) is 13.1 Å². The van der Waals surface area contributed by atoms with Crippen molar-refractivity contribution in [1.82, 2.24) is 14.9 Å². The maximum absolute atomic E-state index is 14.0. The first-order valence-corrected chi connectivity index (χ1v) is 6.21. The summed E-state index contributed by atoms with van der Waals surface area (Å²) in [5.41, 5.74) is 1.59. The molecule has 102 valence electrons. The van der Waals surface area contributed by atoms with E-state index in [1.165, 1.54) is 7.11 Å². The van der Waals surface area contributed by atoms with Gasteiger partial charge < -0.3 is 14.6 Å². The molecule has 4 nitrogen and oxygen atoms in total. The number of likely N-dealkylation sites (N-methyl/N-ethyl adjacent to an activating group) is 1. The standard InChI is InChI=1S/C14H18FN3O/c1-16-7-6-12-9-18(10-17-12)8-11-4-3-5-13(19-2)14(11)15/h3-5,9-10,16H,6-8H2,1-2H3. The van der Waals surface area contributed by atoms with Crippen LogP contribution in [-0.4, -0.2) is 30.3 Å². The van der Waals surface area contributed by atoms with Crippen LogP contribution in [0.1, 0.15) is 11.3 Å². The second kappa shape index (κ2) is 6.33. The van der Waals surface area contributed by atoms with Crippen molar-refractivity contribution in [3.05, 3.63) is 47.8 Å². The summed E-state index contributed by atoms with van der Waals surface area (Å²) in [7, 11) is 3.37. The Labute approximate surface area is 112 Å². The molecule has 5 heteroatoms. The molecule has 0 saturated carbocycles. The first-order valence-electron chi connectivity index (χ1n) is 6.21. The predicted molar refractivity (Wildman–Crippen MR) is 71.9 cm³/mol. The second-order valence-electron chi connectivity index (χ2n) is 4.32. The molecule has 0 radical (unpaired) electrons. The van der Waals surface area contributed by atoms with Crippen molar-refractivity contribution in [2.75, 3.05) is 20.7 Å². The molecule has 0 fully saturated rings. The third-order valence-electron chi connectivity index (χ3n) is 2.93. The van der Waals surface area contributed by atoms with E-state index in [0.717, 1.165) is 18.7 Å². The summed E-state index contributed by atoms with van der Waals surface area (Å²) in [4.78, 5) is 4.29. The third-order valence-corrected chi connectivity index (χ3v) is 2.93. The summed E-state index contributed by atoms with van der Waals surface area (Å²) >= 11 is 0. The summed E-state index contributed by atoms with van der Waals surface area (Å²) in [6.45, 7) is 1.33. The summed E-state index contributed by atoms with van der Waals surface area (Å²) < 4.78 is 20.9. The first kappa shape index (κ1) is 13.5. The minimum Gasteiger partial charge on any atom is -0.494 e. The zero-order valence-corrected chi connectivity index (χ0v) is 11.2. The van der Waals surface area contributed by atoms with Crippen LogP contribution in [0.2, 0.25) is 0 Å². The molecule has 1 aromatic carbocycles. The van der Waals surface area contributed by atoms with Crippen molar-refractivity contribution in [3.63, 3.8) is 0 Å². The summed E-state index contributed by atoms with van der Waals surface area (Å²) in [6.07, 6.45) is 4.53. The molecule has 0 spiro atoms. The van der Waals surface area contributed by atoms with Gasteiger partial charge in [0.25, 0.3) is 0 Å². The number of hydrogen-bond donors (Lipinski definition) is 1. The van der Waals surface area contributed by atoms with Gasteiger partial charge in [-0.3, -0.25) is 0 Å². The number of methoxy groups -OCH3 is 1. The molecular weight excluding hydrogens is 245 g/mol. The van der Waals surface area contributed by atoms with E-state index < -0.39 is 0 Å². The molecule has 0 bridgehead atoms. The molecule has 1 heterocycles. The molecule has 0 saturated heterocycles. The van der Waals surface area contributed by atoms with Crippen LogP contribution in [0.15, 0.2) is 30.7 Å². The molecule has 0 amide bonds. The average Bonchev–Trinajstić information content (AvgIpc) is 2.86. The maximum atomic E-state index is 14.0. The number of nitrogens with zero attached hydrogens (tertiary/aromatic N) is 2. The predicted octanol–water partition coefficient (Wildman–Crippen LogP) is 1.84. The molecule has 19 heavy (non-hydrogen) atoms. The number of rotatable bonds is 6. The Morgan fingerprint density at radius 3 is 3.00 bits per heavy atom. The van der Waals surface area contributed by atoms with E-state index in [4.69, 9.17) is 4.74 Å². The van der Waals surface area contributed by atoms with Gasteiger partial charge in [0.2, 0.25) is 0 Å². The van der Waals surface area contributed by atoms with Gasteiger partial charge in [-0.2, -0.15) is 0 Å². The topological polar surface area (TPSA) is 39.1 Å². The molecule has 0 atom stereocenters. The molecule has 0 aliphatic carbocycles. The fraction of sp³-hybridized carbons (Fsp3) is 0.357. The number of hydrogen-bond acceptors (Lipinski definition) is 3. The van der Waals surface area contributed by atoms with Gasteiger partial charge in [0, 0.05) is 24.7 Å². The smallest absolute Gasteiger partial charge is 0.170 e. The maximum Gasteiger partial charge on any atom is 0.170 e. The lowest BCUT2D eigenvalue weighted by molar-refractivity contribution is 0.383. The highest BCUT2D eigenvalue weighted by molar-refractivity contribution is 5.31. The Kier molecular flexibility index (Phi) is 4.52. The lowest BCUT2D eigenvalue weighted by atomic mass is 10.2. The zero-order valence-electron chi connectivity index (χ0n) is 11.2. The number of ether oxygens (including phenoxy) is 1. The summed E-state index contributed by atoms with van der Waals surface area (Å²) in [6, 6.07) is 5.16. The van der Waals surface area contributed by atoms with Gasteiger partial charge in [0.1, 0.15) is 0 Å². The van der Waals surface area contributed by atoms with E-state index in [-0.39, 0.29) is 11.6 Å². The van der Waals surface area contributed by atoms with Crippen LogP contribution in [0, 0.1) is 5.82 Å². The monoisotopic (exact) mass is 263 g/mol. The van der Waals surface area contributed by atoms with Crippen molar-refractivity contribution < 1.29 is 9.13 Å². The van der Waals surface area contributed by atoms with E-state index >= 15 is 0 Å². The quantitative estimate of drug-likeness (QED) is 0.864. The van der Waals surface area contributed by atoms with E-state index in [0.29, 0.717) is 12.1 Å². The zero-order chi connectivity index (χ0) is 13.7. The molecule has 0 unspecified atom stereocenters. The van der Waals surface area contributed by atoms with Crippen molar-refractivity contribution >= 4 is 0 Å². The molecule has 1 aromatic heterocycles. The van der Waals surface area contributed by atoms with E-state index in [9.17, 15) is 4.39 Å². The highest BCUT2D eigenvalue weighted by atomic mass is 19.1. The van der Waals surface area contributed by atoms with Crippen LogP contribution in [0.4, 0.5) is 4.39 Å². The second-order valence-corrected chi connectivity index (χ2v) is 4.32. The van der Waals surface area contributed by atoms with Crippen LogP contribution in [0.5, 0.6) is 5.75 Å². The van der Waals surface area contributed by atoms with Gasteiger partial charge in [-0.15, -0.1) is 0 Å². The van der Waals surface area contributed by atoms with Gasteiger partial charge in [0.05, 0.1) is 25.7 Å². The largest absolute Gasteiger partial charge is 0.494 e. The third kappa shape index (κ3) is 3.32. The Balaban J connectivity index is 2.10. The Bertz CT molecular complexity index is 539. The van der Waals surface area contributed by atoms with Gasteiger partial charge in [0.15, 0.2) is 11.6 Å². The average molecular weight is 263 g/mol. The number of nitrogens with one attached hydrogen (secondary N) is 1. The Hall–Kier alpha value is -1.88. The normalized spacial score (nSPS) is 10.7. The molecular formula is C14H18FN3O. The van der Waals surface area contributed by atoms with Crippen molar-refractivity contribution in [2.45, 2.75) is 13.0 Å². The molecule has 0 aliphatic rings. The number of benzene rings is 1. The van der Waals surface area contributed by atoms with E-state index in [1.807, 2.05) is 17.8 Å². The van der Waals surface area contributed by atoms with Crippen molar-refractivity contribution in [1.29, 1.82) is 0 Å². The summed E-state index contributed by atoms with van der Waals surface area (Å²) in [5, 5.41) is 3.07. The highest BCUT2D eigenvalue weighted by Crippen LogP contribution is 2.20. The lowest BCUT2D eigenvalue weighted by Gasteiger charge is -2.07. The van der Waals surface area contributed by atoms with E-state index in [2.05, 4.69) is 10.3 Å². The minimum absolute atomic E-state index is 0.271. The first-order chi connectivity index (χ1) is 9.24. The van der Waals surface area contributed by atoms with Gasteiger partial charge in [-0.1, -0.05) is 12.1 Å². The van der Waals surface area contributed by atoms with Crippen LogP contribution in [0.3, 0.4) is 0 Å². The van der Waals surface area contributed by atoms with Crippen molar-refractivity contribution in [3.8, 4) is 5.75 Å². The Morgan fingerprint density at radius 1 is 1.42 bits per heavy atom. The molecule has 2 rings (SSSR count). The number of halogens is 1. The molecule has 0 aliphatic heterocycles. The Morgan fingerprint density at radius 2 is 2.26 bits per heavy atom. The van der Waals surface area contributed by atoms with Crippen LogP contribution in [0.25, 0.3) is 0 Å². The van der Waals surface area contributed by atoms with Crippen LogP contribution >= 0.6 is 0 Å². The van der Waals surface area contributed by atoms with Gasteiger partial charge in [-0.25, -0.2) is 9.37 Å². The SMILES string of the molecule is CNCCc1cn(Cc2cccc(OC)c2F)cn1. The lowest BCUT2D eigenvalue weighted by Crippen LogP contribution is -2.10. The molecule has 1 N–H and O–H groups in total. The van der Waals surface area contributed by atoms with Crippen LogP contribution < -0.4 is 10.1 Å².